The lowest BCUT2D eigenvalue weighted by Gasteiger charge is -2.33. The zero-order valence-corrected chi connectivity index (χ0v) is 6.46. The van der Waals surface area contributed by atoms with Crippen LogP contribution in [0.3, 0.4) is 0 Å². The first kappa shape index (κ1) is 8.09. The Hall–Kier alpha value is -1.01. The molecule has 0 aromatic carbocycles. The molecule has 11 heavy (non-hydrogen) atoms. The van der Waals surface area contributed by atoms with E-state index in [0.717, 1.165) is 12.8 Å². The lowest BCUT2D eigenvalue weighted by atomic mass is 9.89. The summed E-state index contributed by atoms with van der Waals surface area (Å²) in [5, 5.41) is 2.68. The van der Waals surface area contributed by atoms with E-state index in [2.05, 4.69) is 5.32 Å². The summed E-state index contributed by atoms with van der Waals surface area (Å²) in [7, 11) is 1.67. The molecular weight excluding hydrogens is 142 g/mol. The van der Waals surface area contributed by atoms with Crippen LogP contribution in [0.15, 0.2) is 0 Å². The van der Waals surface area contributed by atoms with Crippen molar-refractivity contribution in [2.24, 2.45) is 0 Å². The zero-order chi connectivity index (χ0) is 8.27. The van der Waals surface area contributed by atoms with Crippen LogP contribution in [-0.2, 0) is 9.53 Å². The van der Waals surface area contributed by atoms with E-state index in [-0.39, 0.29) is 11.9 Å². The number of hydrogen-bond donors (Lipinski definition) is 1. The Bertz CT molecular complexity index is 189. The summed E-state index contributed by atoms with van der Waals surface area (Å²) >= 11 is 0. The molecule has 1 N–H and O–H groups in total. The van der Waals surface area contributed by atoms with Gasteiger partial charge >= 0.3 is 0 Å². The van der Waals surface area contributed by atoms with Crippen LogP contribution in [0.4, 0.5) is 0 Å². The number of terminal acetylenes is 1. The SMILES string of the molecule is C#CC(=O)NC1CC(OC)C1. The second-order valence-electron chi connectivity index (χ2n) is 2.64. The third-order valence-corrected chi connectivity index (χ3v) is 1.89. The van der Waals surface area contributed by atoms with E-state index in [1.54, 1.807) is 7.11 Å². The van der Waals surface area contributed by atoms with Gasteiger partial charge in [0.1, 0.15) is 0 Å². The molecule has 3 nitrogen and oxygen atoms in total. The maximum absolute atomic E-state index is 10.6. The molecule has 1 fully saturated rings. The number of carbonyl (C=O) groups is 1. The quantitative estimate of drug-likeness (QED) is 0.563. The van der Waals surface area contributed by atoms with Crippen molar-refractivity contribution in [1.82, 2.24) is 5.32 Å². The summed E-state index contributed by atoms with van der Waals surface area (Å²) in [4.78, 5) is 10.6. The molecule has 1 saturated carbocycles. The topological polar surface area (TPSA) is 38.3 Å². The first-order chi connectivity index (χ1) is 5.26. The minimum Gasteiger partial charge on any atom is -0.381 e. The van der Waals surface area contributed by atoms with Crippen molar-refractivity contribution < 1.29 is 9.53 Å². The zero-order valence-electron chi connectivity index (χ0n) is 6.46. The molecule has 60 valence electrons. The molecule has 0 atom stereocenters. The predicted octanol–water partition coefficient (Wildman–Crippen LogP) is -0.0868. The van der Waals surface area contributed by atoms with Crippen LogP contribution in [0.25, 0.3) is 0 Å². The Balaban J connectivity index is 2.15. The van der Waals surface area contributed by atoms with Gasteiger partial charge in [0.05, 0.1) is 6.10 Å². The lowest BCUT2D eigenvalue weighted by Crippen LogP contribution is -2.47. The molecule has 0 aliphatic heterocycles. The highest BCUT2D eigenvalue weighted by Gasteiger charge is 2.29. The molecule has 1 aliphatic rings. The van der Waals surface area contributed by atoms with Crippen molar-refractivity contribution in [2.75, 3.05) is 7.11 Å². The van der Waals surface area contributed by atoms with Gasteiger partial charge in [0.25, 0.3) is 5.91 Å². The van der Waals surface area contributed by atoms with Gasteiger partial charge in [0.2, 0.25) is 0 Å². The summed E-state index contributed by atoms with van der Waals surface area (Å²) in [6.07, 6.45) is 6.93. The second kappa shape index (κ2) is 3.40. The Morgan fingerprint density at radius 1 is 1.73 bits per heavy atom. The van der Waals surface area contributed by atoms with Crippen LogP contribution >= 0.6 is 0 Å². The standard InChI is InChI=1S/C8H11NO2/c1-3-8(10)9-6-4-7(5-6)11-2/h1,6-7H,4-5H2,2H3,(H,9,10). The molecule has 1 rings (SSSR count). The normalized spacial score (nSPS) is 28.4. The monoisotopic (exact) mass is 153 g/mol. The first-order valence-electron chi connectivity index (χ1n) is 3.56. The van der Waals surface area contributed by atoms with E-state index in [1.165, 1.54) is 0 Å². The fraction of sp³-hybridized carbons (Fsp3) is 0.625. The number of methoxy groups -OCH3 is 1. The van der Waals surface area contributed by atoms with Gasteiger partial charge in [-0.3, -0.25) is 4.79 Å². The number of ether oxygens (including phenoxy) is 1. The van der Waals surface area contributed by atoms with Gasteiger partial charge in [-0.2, -0.15) is 0 Å². The lowest BCUT2D eigenvalue weighted by molar-refractivity contribution is -0.117. The molecule has 0 saturated heterocycles. The highest BCUT2D eigenvalue weighted by molar-refractivity contribution is 5.93. The smallest absolute Gasteiger partial charge is 0.295 e. The molecule has 1 aliphatic carbocycles. The number of carbonyl (C=O) groups excluding carboxylic acids is 1. The minimum absolute atomic E-state index is 0.225. The first-order valence-corrected chi connectivity index (χ1v) is 3.56. The maximum Gasteiger partial charge on any atom is 0.295 e. The van der Waals surface area contributed by atoms with E-state index in [4.69, 9.17) is 11.2 Å². The van der Waals surface area contributed by atoms with Crippen LogP contribution in [0, 0.1) is 12.3 Å². The van der Waals surface area contributed by atoms with Crippen LogP contribution < -0.4 is 5.32 Å². The highest BCUT2D eigenvalue weighted by atomic mass is 16.5. The van der Waals surface area contributed by atoms with E-state index < -0.39 is 0 Å². The Morgan fingerprint density at radius 3 is 2.82 bits per heavy atom. The fourth-order valence-electron chi connectivity index (χ4n) is 1.10. The van der Waals surface area contributed by atoms with Gasteiger partial charge in [-0.05, 0) is 18.8 Å². The predicted molar refractivity (Wildman–Crippen MR) is 40.8 cm³/mol. The maximum atomic E-state index is 10.6. The summed E-state index contributed by atoms with van der Waals surface area (Å²) in [5.74, 6) is 1.68. The van der Waals surface area contributed by atoms with Crippen molar-refractivity contribution in [3.63, 3.8) is 0 Å². The van der Waals surface area contributed by atoms with E-state index in [1.807, 2.05) is 5.92 Å². The average molecular weight is 153 g/mol. The van der Waals surface area contributed by atoms with Gasteiger partial charge in [0.15, 0.2) is 0 Å². The van der Waals surface area contributed by atoms with E-state index in [9.17, 15) is 4.79 Å². The minimum atomic E-state index is -0.329. The van der Waals surface area contributed by atoms with Crippen LogP contribution in [0.2, 0.25) is 0 Å². The largest absolute Gasteiger partial charge is 0.381 e. The highest BCUT2D eigenvalue weighted by Crippen LogP contribution is 2.21. The second-order valence-corrected chi connectivity index (χ2v) is 2.64. The molecular formula is C8H11NO2. The molecule has 0 radical (unpaired) electrons. The molecule has 0 unspecified atom stereocenters. The van der Waals surface area contributed by atoms with E-state index >= 15 is 0 Å². The number of rotatable bonds is 2. The van der Waals surface area contributed by atoms with Gasteiger partial charge in [-0.15, -0.1) is 6.42 Å². The summed E-state index contributed by atoms with van der Waals surface area (Å²) < 4.78 is 5.03. The van der Waals surface area contributed by atoms with Crippen molar-refractivity contribution in [3.05, 3.63) is 0 Å². The number of amides is 1. The molecule has 0 bridgehead atoms. The third kappa shape index (κ3) is 1.95. The Kier molecular flexibility index (Phi) is 2.50. The molecule has 0 aromatic heterocycles. The van der Waals surface area contributed by atoms with Crippen LogP contribution in [-0.4, -0.2) is 25.2 Å². The molecule has 0 spiro atoms. The number of hydrogen-bond acceptors (Lipinski definition) is 2. The van der Waals surface area contributed by atoms with Crippen molar-refractivity contribution >= 4 is 5.91 Å². The van der Waals surface area contributed by atoms with Gasteiger partial charge in [-0.25, -0.2) is 0 Å². The van der Waals surface area contributed by atoms with Crippen molar-refractivity contribution in [2.45, 2.75) is 25.0 Å². The van der Waals surface area contributed by atoms with E-state index in [0.29, 0.717) is 6.10 Å². The Labute approximate surface area is 66.1 Å². The Morgan fingerprint density at radius 2 is 2.36 bits per heavy atom. The molecule has 0 aromatic rings. The van der Waals surface area contributed by atoms with Crippen molar-refractivity contribution in [1.29, 1.82) is 0 Å². The average Bonchev–Trinajstić information content (AvgIpc) is 1.95. The van der Waals surface area contributed by atoms with Crippen LogP contribution in [0.5, 0.6) is 0 Å². The van der Waals surface area contributed by atoms with Crippen molar-refractivity contribution in [3.8, 4) is 12.3 Å². The van der Waals surface area contributed by atoms with Gasteiger partial charge in [-0.1, -0.05) is 0 Å². The molecule has 3 heteroatoms. The molecule has 1 amide bonds. The third-order valence-electron chi connectivity index (χ3n) is 1.89. The van der Waals surface area contributed by atoms with Crippen LogP contribution in [0.1, 0.15) is 12.8 Å². The number of nitrogens with one attached hydrogen (secondary N) is 1. The van der Waals surface area contributed by atoms with Gasteiger partial charge in [0, 0.05) is 13.2 Å². The fourth-order valence-corrected chi connectivity index (χ4v) is 1.10. The summed E-state index contributed by atoms with van der Waals surface area (Å²) in [5.41, 5.74) is 0. The van der Waals surface area contributed by atoms with Gasteiger partial charge < -0.3 is 10.1 Å². The molecule has 0 heterocycles. The summed E-state index contributed by atoms with van der Waals surface area (Å²) in [6.45, 7) is 0. The summed E-state index contributed by atoms with van der Waals surface area (Å²) in [6, 6.07) is 0.225.